The van der Waals surface area contributed by atoms with Gasteiger partial charge < -0.3 is 20.1 Å². The highest BCUT2D eigenvalue weighted by molar-refractivity contribution is 5.93. The Balaban J connectivity index is 1.59. The number of hydrazone groups is 1. The lowest BCUT2D eigenvalue weighted by Crippen LogP contribution is -2.21. The smallest absolute Gasteiger partial charge is 0.262 e. The van der Waals surface area contributed by atoms with Crippen LogP contribution in [-0.2, 0) is 20.8 Å². The van der Waals surface area contributed by atoms with Crippen molar-refractivity contribution in [3.8, 4) is 11.5 Å². The van der Waals surface area contributed by atoms with Crippen molar-refractivity contribution in [3.05, 3.63) is 96.1 Å². The third-order valence-electron chi connectivity index (χ3n) is 5.40. The summed E-state index contributed by atoms with van der Waals surface area (Å²) in [7, 11) is 0. The molecule has 0 radical (unpaired) electrons. The van der Waals surface area contributed by atoms with E-state index < -0.39 is 29.4 Å². The molecule has 0 saturated carbocycles. The monoisotopic (exact) mass is 564 g/mol. The first kappa shape index (κ1) is 30.5. The zero-order valence-electron chi connectivity index (χ0n) is 22.4. The Hall–Kier alpha value is -5.06. The molecule has 3 rings (SSSR count). The lowest BCUT2D eigenvalue weighted by molar-refractivity contribution is -0.124. The summed E-state index contributed by atoms with van der Waals surface area (Å²) in [4.78, 5) is 36.6. The largest absolute Gasteiger partial charge is 0.490 e. The average molecular weight is 565 g/mol. The van der Waals surface area contributed by atoms with Crippen LogP contribution < -0.4 is 25.5 Å². The van der Waals surface area contributed by atoms with Gasteiger partial charge in [-0.2, -0.15) is 5.10 Å². The second kappa shape index (κ2) is 15.5. The van der Waals surface area contributed by atoms with Gasteiger partial charge in [-0.1, -0.05) is 6.08 Å². The quantitative estimate of drug-likeness (QED) is 0.145. The molecule has 3 aromatic rings. The van der Waals surface area contributed by atoms with Gasteiger partial charge in [-0.25, -0.2) is 14.2 Å². The summed E-state index contributed by atoms with van der Waals surface area (Å²) in [5.41, 5.74) is 4.49. The highest BCUT2D eigenvalue weighted by atomic mass is 19.1. The van der Waals surface area contributed by atoms with Crippen LogP contribution in [0.1, 0.15) is 30.9 Å². The molecule has 3 N–H and O–H groups in total. The predicted octanol–water partition coefficient (Wildman–Crippen LogP) is 4.98. The highest BCUT2D eigenvalue weighted by Crippen LogP contribution is 2.33. The lowest BCUT2D eigenvalue weighted by Gasteiger charge is -2.16. The summed E-state index contributed by atoms with van der Waals surface area (Å²) in [6.07, 6.45) is 3.28. The van der Waals surface area contributed by atoms with Crippen LogP contribution in [0, 0.1) is 11.6 Å². The number of amides is 3. The zero-order chi connectivity index (χ0) is 29.6. The third kappa shape index (κ3) is 10.2. The Labute approximate surface area is 236 Å². The van der Waals surface area contributed by atoms with E-state index >= 15 is 0 Å². The highest BCUT2D eigenvalue weighted by Gasteiger charge is 2.15. The fraction of sp³-hybridized carbons (Fsp3) is 0.200. The number of carbonyl (C=O) groups is 3. The molecule has 41 heavy (non-hydrogen) atoms. The maximum Gasteiger partial charge on any atom is 0.262 e. The summed E-state index contributed by atoms with van der Waals surface area (Å²) >= 11 is 0. The van der Waals surface area contributed by atoms with E-state index in [1.165, 1.54) is 54.7 Å². The average Bonchev–Trinajstić information content (AvgIpc) is 2.94. The van der Waals surface area contributed by atoms with Gasteiger partial charge in [0.25, 0.3) is 5.91 Å². The molecule has 0 bridgehead atoms. The summed E-state index contributed by atoms with van der Waals surface area (Å²) < 4.78 is 37.6. The summed E-state index contributed by atoms with van der Waals surface area (Å²) in [6.45, 7) is 5.56. The van der Waals surface area contributed by atoms with Crippen LogP contribution in [0.4, 0.5) is 20.2 Å². The third-order valence-corrected chi connectivity index (χ3v) is 5.40. The zero-order valence-corrected chi connectivity index (χ0v) is 22.4. The van der Waals surface area contributed by atoms with Crippen molar-refractivity contribution in [2.75, 3.05) is 23.8 Å². The number of nitrogens with zero attached hydrogens (tertiary/aromatic N) is 1. The Morgan fingerprint density at radius 3 is 2.02 bits per heavy atom. The molecule has 0 aromatic heterocycles. The van der Waals surface area contributed by atoms with E-state index in [2.05, 4.69) is 27.7 Å². The van der Waals surface area contributed by atoms with Crippen molar-refractivity contribution in [1.29, 1.82) is 0 Å². The van der Waals surface area contributed by atoms with E-state index in [1.54, 1.807) is 25.1 Å². The van der Waals surface area contributed by atoms with E-state index in [4.69, 9.17) is 9.47 Å². The van der Waals surface area contributed by atoms with Crippen LogP contribution in [0.15, 0.2) is 78.4 Å². The van der Waals surface area contributed by atoms with Gasteiger partial charge in [-0.3, -0.25) is 14.4 Å². The van der Waals surface area contributed by atoms with Gasteiger partial charge in [0.2, 0.25) is 11.8 Å². The Kier molecular flexibility index (Phi) is 11.5. The standard InChI is InChI=1S/C30H30F2N4O5/c1-3-5-21-16-20(18-33-36-28(38)15-14-27(37)34-24-10-6-22(31)7-11-24)17-26(40-4-2)30(21)41-19-29(39)35-25-12-8-23(32)9-13-25/h3,6-13,16-18H,1,4-5,14-15,19H2,2H3,(H,34,37)(H,35,39)(H,36,38). The molecule has 0 aliphatic heterocycles. The SMILES string of the molecule is C=CCc1cc(C=NNC(=O)CCC(=O)Nc2ccc(F)cc2)cc(OCC)c1OCC(=O)Nc1ccc(F)cc1. The number of hydrogen-bond donors (Lipinski definition) is 3. The van der Waals surface area contributed by atoms with Crippen molar-refractivity contribution in [2.45, 2.75) is 26.2 Å². The van der Waals surface area contributed by atoms with Crippen LogP contribution in [0.5, 0.6) is 11.5 Å². The summed E-state index contributed by atoms with van der Waals surface area (Å²) in [5.74, 6) is -1.42. The van der Waals surface area contributed by atoms with Gasteiger partial charge in [-0.15, -0.1) is 6.58 Å². The van der Waals surface area contributed by atoms with Crippen molar-refractivity contribution >= 4 is 35.3 Å². The van der Waals surface area contributed by atoms with Crippen LogP contribution >= 0.6 is 0 Å². The molecule has 214 valence electrons. The van der Waals surface area contributed by atoms with E-state index in [-0.39, 0.29) is 19.4 Å². The second-order valence-corrected chi connectivity index (χ2v) is 8.63. The van der Waals surface area contributed by atoms with Gasteiger partial charge in [0, 0.05) is 29.8 Å². The summed E-state index contributed by atoms with van der Waals surface area (Å²) in [5, 5.41) is 9.18. The minimum Gasteiger partial charge on any atom is -0.490 e. The van der Waals surface area contributed by atoms with Crippen molar-refractivity contribution in [1.82, 2.24) is 5.43 Å². The Morgan fingerprint density at radius 2 is 1.44 bits per heavy atom. The van der Waals surface area contributed by atoms with Gasteiger partial charge in [0.1, 0.15) is 11.6 Å². The van der Waals surface area contributed by atoms with E-state index in [0.717, 1.165) is 0 Å². The lowest BCUT2D eigenvalue weighted by atomic mass is 10.1. The molecule has 0 fully saturated rings. The second-order valence-electron chi connectivity index (χ2n) is 8.63. The molecule has 9 nitrogen and oxygen atoms in total. The Bertz CT molecular complexity index is 1390. The number of halogens is 2. The number of carbonyl (C=O) groups excluding carboxylic acids is 3. The molecule has 0 spiro atoms. The van der Waals surface area contributed by atoms with Gasteiger partial charge in [-0.05, 0) is 79.6 Å². The van der Waals surface area contributed by atoms with Crippen LogP contribution in [0.25, 0.3) is 0 Å². The Morgan fingerprint density at radius 1 is 0.854 bits per heavy atom. The van der Waals surface area contributed by atoms with Crippen molar-refractivity contribution in [3.63, 3.8) is 0 Å². The number of anilines is 2. The fourth-order valence-corrected chi connectivity index (χ4v) is 3.58. The fourth-order valence-electron chi connectivity index (χ4n) is 3.58. The molecule has 0 atom stereocenters. The molecule has 0 heterocycles. The molecular formula is C30H30F2N4O5. The minimum absolute atomic E-state index is 0.0858. The first-order valence-corrected chi connectivity index (χ1v) is 12.7. The molecule has 3 aromatic carbocycles. The molecule has 0 unspecified atom stereocenters. The number of hydrogen-bond acceptors (Lipinski definition) is 6. The number of nitrogens with one attached hydrogen (secondary N) is 3. The number of rotatable bonds is 14. The maximum atomic E-state index is 13.1. The van der Waals surface area contributed by atoms with Gasteiger partial charge >= 0.3 is 0 Å². The minimum atomic E-state index is -0.473. The van der Waals surface area contributed by atoms with Gasteiger partial charge in [0.05, 0.1) is 12.8 Å². The summed E-state index contributed by atoms with van der Waals surface area (Å²) in [6, 6.07) is 14.1. The number of benzene rings is 3. The number of ether oxygens (including phenoxy) is 2. The van der Waals surface area contributed by atoms with E-state index in [9.17, 15) is 23.2 Å². The maximum absolute atomic E-state index is 13.1. The van der Waals surface area contributed by atoms with Crippen LogP contribution in [0.2, 0.25) is 0 Å². The topological polar surface area (TPSA) is 118 Å². The van der Waals surface area contributed by atoms with Crippen molar-refractivity contribution < 1.29 is 32.6 Å². The normalized spacial score (nSPS) is 10.6. The molecule has 3 amide bonds. The van der Waals surface area contributed by atoms with Crippen LogP contribution in [0.3, 0.4) is 0 Å². The number of allylic oxidation sites excluding steroid dienone is 1. The first-order valence-electron chi connectivity index (χ1n) is 12.7. The van der Waals surface area contributed by atoms with E-state index in [0.29, 0.717) is 47.0 Å². The molecule has 0 aliphatic rings. The van der Waals surface area contributed by atoms with Crippen molar-refractivity contribution in [2.24, 2.45) is 5.10 Å². The predicted molar refractivity (Wildman–Crippen MR) is 152 cm³/mol. The van der Waals surface area contributed by atoms with Gasteiger partial charge in [0.15, 0.2) is 18.1 Å². The van der Waals surface area contributed by atoms with Crippen LogP contribution in [-0.4, -0.2) is 37.1 Å². The molecular weight excluding hydrogens is 534 g/mol. The molecule has 0 aliphatic carbocycles. The molecule has 11 heteroatoms. The van der Waals surface area contributed by atoms with E-state index in [1.807, 2.05) is 0 Å². The first-order chi connectivity index (χ1) is 19.8. The molecule has 0 saturated heterocycles.